The molecule has 0 aliphatic rings. The van der Waals surface area contributed by atoms with E-state index in [1.165, 1.54) is 12.1 Å². The summed E-state index contributed by atoms with van der Waals surface area (Å²) in [4.78, 5) is 11.3. The van der Waals surface area contributed by atoms with Crippen molar-refractivity contribution in [2.75, 3.05) is 13.2 Å². The fourth-order valence-electron chi connectivity index (χ4n) is 0.956. The van der Waals surface area contributed by atoms with Crippen molar-refractivity contribution < 1.29 is 14.3 Å². The minimum absolute atomic E-state index is 0.137. The number of halogens is 2. The van der Waals surface area contributed by atoms with Gasteiger partial charge in [-0.3, -0.25) is 4.79 Å². The third kappa shape index (κ3) is 3.08. The van der Waals surface area contributed by atoms with Gasteiger partial charge in [-0.1, -0.05) is 15.9 Å². The molecule has 0 radical (unpaired) electrons. The minimum atomic E-state index is -0.478. The second-order valence-electron chi connectivity index (χ2n) is 2.64. The highest BCUT2D eigenvalue weighted by atomic mass is 79.9. The first-order valence-electron chi connectivity index (χ1n) is 3.98. The van der Waals surface area contributed by atoms with Crippen LogP contribution < -0.4 is 5.32 Å². The summed E-state index contributed by atoms with van der Waals surface area (Å²) in [5.74, 6) is -0.882. The van der Waals surface area contributed by atoms with Gasteiger partial charge in [-0.25, -0.2) is 4.39 Å². The van der Waals surface area contributed by atoms with Gasteiger partial charge in [0.25, 0.3) is 5.91 Å². The maximum atomic E-state index is 12.9. The molecule has 3 nitrogen and oxygen atoms in total. The fourth-order valence-corrected chi connectivity index (χ4v) is 1.42. The van der Waals surface area contributed by atoms with Gasteiger partial charge in [-0.05, 0) is 18.2 Å². The van der Waals surface area contributed by atoms with Crippen LogP contribution in [0, 0.1) is 5.82 Å². The molecule has 0 saturated carbocycles. The Labute approximate surface area is 89.1 Å². The third-order valence-corrected chi connectivity index (χ3v) is 1.98. The molecule has 1 rings (SSSR count). The van der Waals surface area contributed by atoms with E-state index in [1.807, 2.05) is 0 Å². The Bertz CT molecular complexity index is 323. The van der Waals surface area contributed by atoms with E-state index in [2.05, 4.69) is 21.2 Å². The molecular formula is C9H9BrFNO2. The molecule has 0 atom stereocenters. The van der Waals surface area contributed by atoms with E-state index in [1.54, 1.807) is 0 Å². The van der Waals surface area contributed by atoms with Crippen LogP contribution >= 0.6 is 15.9 Å². The summed E-state index contributed by atoms with van der Waals surface area (Å²) in [6, 6.07) is 3.91. The molecule has 0 aliphatic heterocycles. The number of hydrogen-bond donors (Lipinski definition) is 2. The molecule has 1 amide bonds. The highest BCUT2D eigenvalue weighted by Gasteiger charge is 2.06. The Morgan fingerprint density at radius 1 is 1.50 bits per heavy atom. The molecule has 0 aromatic heterocycles. The summed E-state index contributed by atoms with van der Waals surface area (Å²) in [5.41, 5.74) is 0.227. The van der Waals surface area contributed by atoms with Gasteiger partial charge in [0.1, 0.15) is 5.82 Å². The smallest absolute Gasteiger partial charge is 0.251 e. The Balaban J connectivity index is 2.79. The van der Waals surface area contributed by atoms with Crippen LogP contribution in [0.4, 0.5) is 4.39 Å². The van der Waals surface area contributed by atoms with Gasteiger partial charge >= 0.3 is 0 Å². The average molecular weight is 262 g/mol. The maximum Gasteiger partial charge on any atom is 0.251 e. The molecule has 14 heavy (non-hydrogen) atoms. The molecule has 0 spiro atoms. The van der Waals surface area contributed by atoms with Crippen molar-refractivity contribution in [2.45, 2.75) is 0 Å². The number of aliphatic hydroxyl groups excluding tert-OH is 1. The molecule has 0 heterocycles. The highest BCUT2D eigenvalue weighted by Crippen LogP contribution is 2.14. The first-order chi connectivity index (χ1) is 6.63. The van der Waals surface area contributed by atoms with Crippen LogP contribution in [0.1, 0.15) is 10.4 Å². The molecule has 76 valence electrons. The molecule has 2 N–H and O–H groups in total. The van der Waals surface area contributed by atoms with Gasteiger partial charge in [-0.2, -0.15) is 0 Å². The van der Waals surface area contributed by atoms with Crippen LogP contribution in [0.5, 0.6) is 0 Å². The Hall–Kier alpha value is -0.940. The standard InChI is InChI=1S/C9H9BrFNO2/c10-7-3-6(4-8(11)5-7)9(14)12-1-2-13/h3-5,13H,1-2H2,(H,12,14). The van der Waals surface area contributed by atoms with Crippen LogP contribution in [0.3, 0.4) is 0 Å². The zero-order valence-corrected chi connectivity index (χ0v) is 8.84. The lowest BCUT2D eigenvalue weighted by atomic mass is 10.2. The van der Waals surface area contributed by atoms with Gasteiger partial charge in [0.15, 0.2) is 0 Å². The summed E-state index contributed by atoms with van der Waals surface area (Å²) < 4.78 is 13.4. The Morgan fingerprint density at radius 2 is 2.21 bits per heavy atom. The second kappa shape index (κ2) is 5.07. The molecule has 0 aliphatic carbocycles. The number of carbonyl (C=O) groups is 1. The first-order valence-corrected chi connectivity index (χ1v) is 4.78. The molecule has 1 aromatic carbocycles. The SMILES string of the molecule is O=C(NCCO)c1cc(F)cc(Br)c1. The highest BCUT2D eigenvalue weighted by molar-refractivity contribution is 9.10. The number of benzene rings is 1. The van der Waals surface area contributed by atoms with E-state index in [9.17, 15) is 9.18 Å². The van der Waals surface area contributed by atoms with Crippen molar-refractivity contribution in [2.24, 2.45) is 0 Å². The van der Waals surface area contributed by atoms with Gasteiger partial charge < -0.3 is 10.4 Å². The molecular weight excluding hydrogens is 253 g/mol. The van der Waals surface area contributed by atoms with Crippen molar-refractivity contribution >= 4 is 21.8 Å². The number of aliphatic hydroxyl groups is 1. The predicted octanol–water partition coefficient (Wildman–Crippen LogP) is 1.31. The van der Waals surface area contributed by atoms with Crippen molar-refractivity contribution in [1.82, 2.24) is 5.32 Å². The van der Waals surface area contributed by atoms with E-state index < -0.39 is 11.7 Å². The molecule has 0 unspecified atom stereocenters. The van der Waals surface area contributed by atoms with Crippen molar-refractivity contribution in [3.63, 3.8) is 0 Å². The van der Waals surface area contributed by atoms with E-state index in [0.29, 0.717) is 4.47 Å². The van der Waals surface area contributed by atoms with Gasteiger partial charge in [0, 0.05) is 16.6 Å². The van der Waals surface area contributed by atoms with Crippen molar-refractivity contribution in [1.29, 1.82) is 0 Å². The topological polar surface area (TPSA) is 49.3 Å². The predicted molar refractivity (Wildman–Crippen MR) is 53.5 cm³/mol. The molecule has 0 fully saturated rings. The van der Waals surface area contributed by atoms with Gasteiger partial charge in [-0.15, -0.1) is 0 Å². The van der Waals surface area contributed by atoms with E-state index in [0.717, 1.165) is 6.07 Å². The Morgan fingerprint density at radius 3 is 2.79 bits per heavy atom. The van der Waals surface area contributed by atoms with Crippen LogP contribution in [-0.4, -0.2) is 24.2 Å². The summed E-state index contributed by atoms with van der Waals surface area (Å²) in [7, 11) is 0. The quantitative estimate of drug-likeness (QED) is 0.862. The zero-order chi connectivity index (χ0) is 10.6. The molecule has 1 aromatic rings. The molecule has 5 heteroatoms. The first kappa shape index (κ1) is 11.1. The second-order valence-corrected chi connectivity index (χ2v) is 3.55. The van der Waals surface area contributed by atoms with Crippen LogP contribution in [0.25, 0.3) is 0 Å². The number of rotatable bonds is 3. The lowest BCUT2D eigenvalue weighted by molar-refractivity contribution is 0.0944. The van der Waals surface area contributed by atoms with E-state index >= 15 is 0 Å². The van der Waals surface area contributed by atoms with Crippen LogP contribution in [0.15, 0.2) is 22.7 Å². The number of hydrogen-bond acceptors (Lipinski definition) is 2. The normalized spacial score (nSPS) is 9.93. The van der Waals surface area contributed by atoms with Crippen LogP contribution in [0.2, 0.25) is 0 Å². The largest absolute Gasteiger partial charge is 0.395 e. The van der Waals surface area contributed by atoms with Crippen LogP contribution in [-0.2, 0) is 0 Å². The summed E-state index contributed by atoms with van der Waals surface area (Å²) in [5, 5.41) is 10.9. The molecule has 0 bridgehead atoms. The minimum Gasteiger partial charge on any atom is -0.395 e. The fraction of sp³-hybridized carbons (Fsp3) is 0.222. The lowest BCUT2D eigenvalue weighted by Crippen LogP contribution is -2.26. The maximum absolute atomic E-state index is 12.9. The monoisotopic (exact) mass is 261 g/mol. The molecule has 0 saturated heterocycles. The number of nitrogens with one attached hydrogen (secondary N) is 1. The van der Waals surface area contributed by atoms with E-state index in [-0.39, 0.29) is 18.7 Å². The lowest BCUT2D eigenvalue weighted by Gasteiger charge is -2.03. The summed E-state index contributed by atoms with van der Waals surface area (Å²) in [6.07, 6.45) is 0. The van der Waals surface area contributed by atoms with E-state index in [4.69, 9.17) is 5.11 Å². The van der Waals surface area contributed by atoms with Crippen molar-refractivity contribution in [3.05, 3.63) is 34.1 Å². The summed E-state index contributed by atoms with van der Waals surface area (Å²) in [6.45, 7) is 0.0230. The summed E-state index contributed by atoms with van der Waals surface area (Å²) >= 11 is 3.08. The van der Waals surface area contributed by atoms with Crippen molar-refractivity contribution in [3.8, 4) is 0 Å². The number of amides is 1. The van der Waals surface area contributed by atoms with Gasteiger partial charge in [0.2, 0.25) is 0 Å². The number of carbonyl (C=O) groups excluding carboxylic acids is 1. The average Bonchev–Trinajstić information content (AvgIpc) is 2.12. The Kier molecular flexibility index (Phi) is 4.03. The third-order valence-electron chi connectivity index (χ3n) is 1.52. The van der Waals surface area contributed by atoms with Gasteiger partial charge in [0.05, 0.1) is 6.61 Å². The zero-order valence-electron chi connectivity index (χ0n) is 7.26.